The fourth-order valence-corrected chi connectivity index (χ4v) is 4.72. The van der Waals surface area contributed by atoms with Crippen LogP contribution < -0.4 is 5.32 Å². The summed E-state index contributed by atoms with van der Waals surface area (Å²) in [7, 11) is 0. The van der Waals surface area contributed by atoms with Gasteiger partial charge in [0.25, 0.3) is 5.91 Å². The molecule has 2 unspecified atom stereocenters. The summed E-state index contributed by atoms with van der Waals surface area (Å²) in [6, 6.07) is 6.17. The van der Waals surface area contributed by atoms with Crippen LogP contribution >= 0.6 is 0 Å². The van der Waals surface area contributed by atoms with Crippen LogP contribution in [0.15, 0.2) is 47.3 Å². The molecule has 1 aliphatic carbocycles. The van der Waals surface area contributed by atoms with Gasteiger partial charge in [-0.25, -0.2) is 4.39 Å². The van der Waals surface area contributed by atoms with Gasteiger partial charge < -0.3 is 15.0 Å². The quantitative estimate of drug-likeness (QED) is 0.832. The van der Waals surface area contributed by atoms with E-state index in [4.69, 9.17) is 4.74 Å². The van der Waals surface area contributed by atoms with E-state index >= 15 is 0 Å². The zero-order valence-electron chi connectivity index (χ0n) is 17.1. The first-order chi connectivity index (χ1) is 13.8. The molecule has 0 bridgehead atoms. The minimum absolute atomic E-state index is 0.0793. The molecule has 5 nitrogen and oxygen atoms in total. The van der Waals surface area contributed by atoms with Gasteiger partial charge in [0.15, 0.2) is 0 Å². The van der Waals surface area contributed by atoms with Crippen molar-refractivity contribution in [3.8, 4) is 0 Å². The predicted octanol–water partition coefficient (Wildman–Crippen LogP) is 3.14. The van der Waals surface area contributed by atoms with Gasteiger partial charge in [0, 0.05) is 42.4 Å². The number of carbonyl (C=O) groups excluding carboxylic acids is 2. The van der Waals surface area contributed by atoms with E-state index in [1.54, 1.807) is 17.0 Å². The molecule has 1 amide bonds. The zero-order chi connectivity index (χ0) is 20.8. The van der Waals surface area contributed by atoms with E-state index in [0.717, 1.165) is 17.0 Å². The van der Waals surface area contributed by atoms with E-state index < -0.39 is 11.8 Å². The number of hydrogen-bond acceptors (Lipinski definition) is 4. The van der Waals surface area contributed by atoms with Crippen LogP contribution in [0.4, 0.5) is 4.39 Å². The number of rotatable bonds is 2. The molecule has 2 heterocycles. The molecule has 1 saturated heterocycles. The number of allylic oxidation sites excluding steroid dienone is 3. The predicted molar refractivity (Wildman–Crippen MR) is 107 cm³/mol. The summed E-state index contributed by atoms with van der Waals surface area (Å²) < 4.78 is 19.0. The number of nitrogens with one attached hydrogen (secondary N) is 1. The molecule has 154 valence electrons. The standard InChI is InChI=1S/C23H27FN2O3/c1-14-19(22(28)26-8-10-29-11-9-26)20(15-4-6-16(24)7-5-15)21-17(25-14)12-23(2,3)13-18(21)27/h4-7,12,20-21,25H,8-11,13H2,1-3H3. The minimum atomic E-state index is -0.461. The molecule has 1 N–H and O–H groups in total. The third-order valence-electron chi connectivity index (χ3n) is 6.00. The molecular formula is C23H27FN2O3. The fraction of sp³-hybridized carbons (Fsp3) is 0.478. The Morgan fingerprint density at radius 3 is 2.48 bits per heavy atom. The fourth-order valence-electron chi connectivity index (χ4n) is 4.72. The molecular weight excluding hydrogens is 371 g/mol. The normalized spacial score (nSPS) is 26.6. The maximum Gasteiger partial charge on any atom is 0.252 e. The van der Waals surface area contributed by atoms with Crippen molar-refractivity contribution in [3.63, 3.8) is 0 Å². The van der Waals surface area contributed by atoms with E-state index in [-0.39, 0.29) is 22.9 Å². The van der Waals surface area contributed by atoms with Gasteiger partial charge in [0.05, 0.1) is 19.1 Å². The summed E-state index contributed by atoms with van der Waals surface area (Å²) >= 11 is 0. The van der Waals surface area contributed by atoms with E-state index in [0.29, 0.717) is 38.3 Å². The Hall–Kier alpha value is -2.47. The summed E-state index contributed by atoms with van der Waals surface area (Å²) in [6.07, 6.45) is 2.52. The Bertz CT molecular complexity index is 895. The number of ketones is 1. The van der Waals surface area contributed by atoms with Gasteiger partial charge in [0.2, 0.25) is 0 Å². The molecule has 0 aromatic heterocycles. The third kappa shape index (κ3) is 3.73. The highest BCUT2D eigenvalue weighted by Gasteiger charge is 2.46. The van der Waals surface area contributed by atoms with Crippen LogP contribution in [0.2, 0.25) is 0 Å². The Morgan fingerprint density at radius 1 is 1.17 bits per heavy atom. The number of halogens is 1. The highest BCUT2D eigenvalue weighted by Crippen LogP contribution is 2.47. The molecule has 1 aromatic rings. The molecule has 2 atom stereocenters. The molecule has 0 saturated carbocycles. The Morgan fingerprint density at radius 2 is 1.83 bits per heavy atom. The topological polar surface area (TPSA) is 58.6 Å². The molecule has 3 aliphatic rings. The molecule has 1 aromatic carbocycles. The smallest absolute Gasteiger partial charge is 0.252 e. The number of morpholine rings is 1. The van der Waals surface area contributed by atoms with E-state index in [1.807, 2.05) is 20.8 Å². The number of fused-ring (bicyclic) bond motifs is 1. The van der Waals surface area contributed by atoms with Crippen LogP contribution in [0, 0.1) is 17.2 Å². The van der Waals surface area contributed by atoms with Gasteiger partial charge in [-0.1, -0.05) is 32.1 Å². The first-order valence-electron chi connectivity index (χ1n) is 10.1. The average molecular weight is 398 g/mol. The maximum atomic E-state index is 13.6. The number of amides is 1. The molecule has 29 heavy (non-hydrogen) atoms. The van der Waals surface area contributed by atoms with Gasteiger partial charge in [-0.15, -0.1) is 0 Å². The third-order valence-corrected chi connectivity index (χ3v) is 6.00. The highest BCUT2D eigenvalue weighted by molar-refractivity contribution is 5.99. The Labute approximate surface area is 170 Å². The first kappa shape index (κ1) is 19.8. The molecule has 0 radical (unpaired) electrons. The average Bonchev–Trinajstić information content (AvgIpc) is 2.67. The van der Waals surface area contributed by atoms with Crippen LogP contribution in [0.1, 0.15) is 38.7 Å². The number of hydrogen-bond donors (Lipinski definition) is 1. The summed E-state index contributed by atoms with van der Waals surface area (Å²) in [5.74, 6) is -1.20. The van der Waals surface area contributed by atoms with E-state index in [1.165, 1.54) is 12.1 Å². The van der Waals surface area contributed by atoms with Crippen molar-refractivity contribution in [2.75, 3.05) is 26.3 Å². The van der Waals surface area contributed by atoms with Crippen LogP contribution in [0.3, 0.4) is 0 Å². The van der Waals surface area contributed by atoms with Gasteiger partial charge >= 0.3 is 0 Å². The highest BCUT2D eigenvalue weighted by atomic mass is 19.1. The SMILES string of the molecule is CC1=C(C(=O)N2CCOCC2)C(c2ccc(F)cc2)C2C(=O)CC(C)(C)C=C2N1. The lowest BCUT2D eigenvalue weighted by Gasteiger charge is -2.42. The van der Waals surface area contributed by atoms with Crippen LogP contribution in [0.5, 0.6) is 0 Å². The molecule has 6 heteroatoms. The van der Waals surface area contributed by atoms with Crippen molar-refractivity contribution < 1.29 is 18.7 Å². The van der Waals surface area contributed by atoms with Crippen molar-refractivity contribution in [2.45, 2.75) is 33.1 Å². The second-order valence-electron chi connectivity index (χ2n) is 8.81. The van der Waals surface area contributed by atoms with E-state index in [2.05, 4.69) is 11.4 Å². The molecule has 1 fully saturated rings. The van der Waals surface area contributed by atoms with Crippen LogP contribution in [0.25, 0.3) is 0 Å². The first-order valence-corrected chi connectivity index (χ1v) is 10.1. The number of benzene rings is 1. The van der Waals surface area contributed by atoms with Crippen molar-refractivity contribution >= 4 is 11.7 Å². The summed E-state index contributed by atoms with van der Waals surface area (Å²) in [4.78, 5) is 28.5. The molecule has 4 rings (SSSR count). The van der Waals surface area contributed by atoms with E-state index in [9.17, 15) is 14.0 Å². The summed E-state index contributed by atoms with van der Waals surface area (Å²) in [5.41, 5.74) is 2.73. The number of nitrogens with zero attached hydrogens (tertiary/aromatic N) is 1. The van der Waals surface area contributed by atoms with Crippen LogP contribution in [-0.2, 0) is 14.3 Å². The lowest BCUT2D eigenvalue weighted by atomic mass is 9.66. The zero-order valence-corrected chi connectivity index (χ0v) is 17.1. The van der Waals surface area contributed by atoms with Crippen molar-refractivity contribution in [1.82, 2.24) is 10.2 Å². The van der Waals surface area contributed by atoms with Gasteiger partial charge in [-0.2, -0.15) is 0 Å². The lowest BCUT2D eigenvalue weighted by molar-refractivity contribution is -0.132. The molecule has 0 spiro atoms. The number of ether oxygens (including phenoxy) is 1. The van der Waals surface area contributed by atoms with Gasteiger partial charge in [0.1, 0.15) is 11.6 Å². The number of Topliss-reactive ketones (excluding diaryl/α,β-unsaturated/α-hetero) is 1. The Balaban J connectivity index is 1.83. The van der Waals surface area contributed by atoms with Crippen molar-refractivity contribution in [2.24, 2.45) is 11.3 Å². The second-order valence-corrected chi connectivity index (χ2v) is 8.81. The monoisotopic (exact) mass is 398 g/mol. The van der Waals surface area contributed by atoms with Crippen molar-refractivity contribution in [3.05, 3.63) is 58.7 Å². The number of carbonyl (C=O) groups is 2. The minimum Gasteiger partial charge on any atom is -0.378 e. The lowest BCUT2D eigenvalue weighted by Crippen LogP contribution is -2.48. The molecule has 2 aliphatic heterocycles. The maximum absolute atomic E-state index is 13.6. The van der Waals surface area contributed by atoms with Crippen molar-refractivity contribution in [1.29, 1.82) is 0 Å². The van der Waals surface area contributed by atoms with Gasteiger partial charge in [-0.05, 0) is 30.0 Å². The van der Waals surface area contributed by atoms with Crippen LogP contribution in [-0.4, -0.2) is 42.9 Å². The van der Waals surface area contributed by atoms with Gasteiger partial charge in [-0.3, -0.25) is 9.59 Å². The summed E-state index contributed by atoms with van der Waals surface area (Å²) in [5, 5.41) is 3.35. The Kier molecular flexibility index (Phi) is 5.07. The summed E-state index contributed by atoms with van der Waals surface area (Å²) in [6.45, 7) is 8.03. The largest absolute Gasteiger partial charge is 0.378 e. The second kappa shape index (κ2) is 7.41.